The molecule has 0 aliphatic rings. The van der Waals surface area contributed by atoms with Gasteiger partial charge in [-0.2, -0.15) is 0 Å². The summed E-state index contributed by atoms with van der Waals surface area (Å²) in [5.74, 6) is -3.79. The van der Waals surface area contributed by atoms with Gasteiger partial charge < -0.3 is 35.2 Å². The van der Waals surface area contributed by atoms with Crippen molar-refractivity contribution in [2.45, 2.75) is 44.9 Å². The van der Waals surface area contributed by atoms with Crippen molar-refractivity contribution < 1.29 is 48.1 Å². The van der Waals surface area contributed by atoms with Crippen LogP contribution >= 0.6 is 11.6 Å². The fraction of sp³-hybridized carbons (Fsp3) is 0.357. The molecule has 3 aromatic rings. The lowest BCUT2D eigenvalue weighted by Crippen LogP contribution is -2.45. The minimum Gasteiger partial charge on any atom is -0.479 e. The van der Waals surface area contributed by atoms with Gasteiger partial charge in [0, 0.05) is 23.0 Å². The number of carbonyl (C=O) groups excluding carboxylic acids is 3. The van der Waals surface area contributed by atoms with E-state index in [0.29, 0.717) is 21.7 Å². The lowest BCUT2D eigenvalue weighted by Gasteiger charge is -2.20. The van der Waals surface area contributed by atoms with Crippen LogP contribution in [0.2, 0.25) is 5.02 Å². The molecule has 3 unspecified atom stereocenters. The van der Waals surface area contributed by atoms with Gasteiger partial charge in [0.05, 0.1) is 7.11 Å². The number of hydrogen-bond donors (Lipinski definition) is 4. The van der Waals surface area contributed by atoms with Gasteiger partial charge in [-0.3, -0.25) is 4.79 Å². The quantitative estimate of drug-likeness (QED) is 0.150. The van der Waals surface area contributed by atoms with Crippen LogP contribution in [0, 0.1) is 11.7 Å². The third-order valence-electron chi connectivity index (χ3n) is 6.27. The summed E-state index contributed by atoms with van der Waals surface area (Å²) in [6.45, 7) is 2.74. The van der Waals surface area contributed by atoms with Gasteiger partial charge in [-0.05, 0) is 46.9 Å². The molecule has 2 aromatic carbocycles. The van der Waals surface area contributed by atoms with Crippen molar-refractivity contribution in [3.8, 4) is 11.1 Å². The Kier molecular flexibility index (Phi) is 12.0. The first-order valence-electron chi connectivity index (χ1n) is 13.2. The number of nitrogens with one attached hydrogen (secondary N) is 2. The van der Waals surface area contributed by atoms with Gasteiger partial charge in [0.1, 0.15) is 18.1 Å². The molecule has 16 heteroatoms. The van der Waals surface area contributed by atoms with Crippen LogP contribution in [0.4, 0.5) is 9.18 Å². The van der Waals surface area contributed by atoms with Gasteiger partial charge in [0.15, 0.2) is 11.8 Å². The Morgan fingerprint density at radius 1 is 1.09 bits per heavy atom. The fourth-order valence-corrected chi connectivity index (χ4v) is 4.15. The van der Waals surface area contributed by atoms with Gasteiger partial charge in [-0.15, -0.1) is 5.10 Å². The molecule has 3 atom stereocenters. The molecule has 1 aromatic heterocycles. The number of methoxy groups -OCH3 is 1. The Balaban J connectivity index is 1.63. The minimum atomic E-state index is -1.77. The van der Waals surface area contributed by atoms with E-state index in [-0.39, 0.29) is 24.5 Å². The highest BCUT2D eigenvalue weighted by atomic mass is 35.5. The first-order chi connectivity index (χ1) is 20.9. The second-order valence-corrected chi connectivity index (χ2v) is 10.3. The first kappa shape index (κ1) is 33.7. The second-order valence-electron chi connectivity index (χ2n) is 9.86. The normalized spacial score (nSPS) is 13.0. The van der Waals surface area contributed by atoms with Crippen LogP contribution in [-0.4, -0.2) is 81.4 Å². The fourth-order valence-electron chi connectivity index (χ4n) is 3.97. The molecule has 0 spiro atoms. The van der Waals surface area contributed by atoms with Crippen molar-refractivity contribution in [2.24, 2.45) is 5.92 Å². The summed E-state index contributed by atoms with van der Waals surface area (Å²) in [5.41, 5.74) is 1.30. The zero-order valence-electron chi connectivity index (χ0n) is 23.9. The lowest BCUT2D eigenvalue weighted by atomic mass is 9.97. The van der Waals surface area contributed by atoms with Crippen molar-refractivity contribution >= 4 is 35.5 Å². The number of benzene rings is 2. The lowest BCUT2D eigenvalue weighted by molar-refractivity contribution is -0.161. The number of aromatic nitrogens is 3. The SMILES string of the molecule is COC(=O)NC(C(=O)OCOn1cc(C(=O)NC(Cc2ccc(-c3cc(Cl)ccc3F)cc2)CC(O)C(=O)O)nn1)C(C)C. The highest BCUT2D eigenvalue weighted by Gasteiger charge is 2.27. The predicted molar refractivity (Wildman–Crippen MR) is 152 cm³/mol. The molecule has 0 saturated carbocycles. The molecular weight excluding hydrogens is 605 g/mol. The Labute approximate surface area is 256 Å². The predicted octanol–water partition coefficient (Wildman–Crippen LogP) is 2.22. The number of hydrogen-bond acceptors (Lipinski definition) is 10. The number of aliphatic hydroxyl groups is 1. The van der Waals surface area contributed by atoms with Crippen molar-refractivity contribution in [1.29, 1.82) is 0 Å². The number of halogens is 2. The summed E-state index contributed by atoms with van der Waals surface area (Å²) in [6.07, 6.45) is -1.70. The van der Waals surface area contributed by atoms with Crippen LogP contribution in [0.1, 0.15) is 36.3 Å². The molecule has 0 radical (unpaired) electrons. The summed E-state index contributed by atoms with van der Waals surface area (Å²) in [4.78, 5) is 53.9. The molecule has 4 N–H and O–H groups in total. The number of carboxylic acids is 1. The molecule has 0 aliphatic heterocycles. The molecule has 0 fully saturated rings. The van der Waals surface area contributed by atoms with E-state index in [1.807, 2.05) is 0 Å². The maximum absolute atomic E-state index is 14.3. The van der Waals surface area contributed by atoms with Crippen LogP contribution < -0.4 is 15.5 Å². The third kappa shape index (κ3) is 9.64. The highest BCUT2D eigenvalue weighted by Crippen LogP contribution is 2.26. The Morgan fingerprint density at radius 3 is 2.43 bits per heavy atom. The van der Waals surface area contributed by atoms with Crippen molar-refractivity contribution in [1.82, 2.24) is 25.8 Å². The third-order valence-corrected chi connectivity index (χ3v) is 6.51. The van der Waals surface area contributed by atoms with E-state index >= 15 is 0 Å². The first-order valence-corrected chi connectivity index (χ1v) is 13.6. The van der Waals surface area contributed by atoms with Gasteiger partial charge in [0.25, 0.3) is 12.7 Å². The molecule has 236 valence electrons. The summed E-state index contributed by atoms with van der Waals surface area (Å²) < 4.78 is 23.8. The van der Waals surface area contributed by atoms with Gasteiger partial charge >= 0.3 is 18.0 Å². The minimum absolute atomic E-state index is 0.117. The molecule has 0 saturated heterocycles. The number of aliphatic hydroxyl groups excluding tert-OH is 1. The standard InChI is InChI=1S/C28H31ClFN5O9/c1-15(2)24(32-28(41)42-3)27(40)43-14-44-35-13-22(33-34-35)25(37)31-19(12-23(36)26(38)39)10-16-4-6-17(7-5-16)20-11-18(29)8-9-21(20)30/h4-9,11,13,15,19,23-24,36H,10,12,14H2,1-3H3,(H,31,37)(H,32,41)(H,38,39). The highest BCUT2D eigenvalue weighted by molar-refractivity contribution is 6.30. The Hall–Kier alpha value is -4.76. The van der Waals surface area contributed by atoms with Gasteiger partial charge in [-0.1, -0.05) is 54.6 Å². The van der Waals surface area contributed by atoms with Crippen LogP contribution in [0.15, 0.2) is 48.7 Å². The number of rotatable bonds is 14. The number of carbonyl (C=O) groups is 4. The summed E-state index contributed by atoms with van der Waals surface area (Å²) in [7, 11) is 1.15. The average Bonchev–Trinajstić information content (AvgIpc) is 3.46. The average molecular weight is 636 g/mol. The van der Waals surface area contributed by atoms with Crippen LogP contribution in [0.5, 0.6) is 0 Å². The monoisotopic (exact) mass is 635 g/mol. The van der Waals surface area contributed by atoms with E-state index in [2.05, 4.69) is 25.7 Å². The number of aliphatic carboxylic acids is 1. The zero-order chi connectivity index (χ0) is 32.4. The maximum Gasteiger partial charge on any atom is 0.407 e. The van der Waals surface area contributed by atoms with E-state index < -0.39 is 54.7 Å². The molecule has 0 aliphatic carbocycles. The van der Waals surface area contributed by atoms with Crippen molar-refractivity contribution in [3.05, 3.63) is 70.8 Å². The summed E-state index contributed by atoms with van der Waals surface area (Å²) >= 11 is 5.99. The van der Waals surface area contributed by atoms with Crippen LogP contribution in [0.3, 0.4) is 0 Å². The van der Waals surface area contributed by atoms with E-state index in [1.165, 1.54) is 18.2 Å². The topological polar surface area (TPSA) is 191 Å². The number of ether oxygens (including phenoxy) is 2. The molecule has 44 heavy (non-hydrogen) atoms. The van der Waals surface area contributed by atoms with Crippen molar-refractivity contribution in [3.63, 3.8) is 0 Å². The molecule has 1 heterocycles. The molecule has 0 bridgehead atoms. The Morgan fingerprint density at radius 2 is 1.80 bits per heavy atom. The van der Waals surface area contributed by atoms with Crippen LogP contribution in [-0.2, 0) is 25.5 Å². The maximum atomic E-state index is 14.3. The summed E-state index contributed by atoms with van der Waals surface area (Å²) in [6, 6.07) is 8.98. The van der Waals surface area contributed by atoms with E-state index in [0.717, 1.165) is 18.2 Å². The number of amides is 2. The Bertz CT molecular complexity index is 1470. The van der Waals surface area contributed by atoms with Gasteiger partial charge in [0.2, 0.25) is 0 Å². The second kappa shape index (κ2) is 15.6. The molecule has 14 nitrogen and oxygen atoms in total. The molecular formula is C28H31ClFN5O9. The number of carboxylic acid groups (broad SMARTS) is 1. The van der Waals surface area contributed by atoms with Crippen LogP contribution in [0.25, 0.3) is 11.1 Å². The van der Waals surface area contributed by atoms with E-state index in [9.17, 15) is 33.8 Å². The number of nitrogens with zero attached hydrogens (tertiary/aromatic N) is 3. The molecule has 2 amide bonds. The number of alkyl carbamates (subject to hydrolysis) is 1. The van der Waals surface area contributed by atoms with E-state index in [1.54, 1.807) is 38.1 Å². The van der Waals surface area contributed by atoms with E-state index in [4.69, 9.17) is 21.2 Å². The number of esters is 1. The summed E-state index contributed by atoms with van der Waals surface area (Å²) in [5, 5.41) is 31.8. The van der Waals surface area contributed by atoms with Gasteiger partial charge in [-0.25, -0.2) is 18.8 Å². The van der Waals surface area contributed by atoms with Crippen molar-refractivity contribution in [2.75, 3.05) is 13.9 Å². The zero-order valence-corrected chi connectivity index (χ0v) is 24.7. The largest absolute Gasteiger partial charge is 0.479 e. The smallest absolute Gasteiger partial charge is 0.407 e. The molecule has 3 rings (SSSR count).